The van der Waals surface area contributed by atoms with E-state index in [2.05, 4.69) is 12.2 Å². The average Bonchev–Trinajstić information content (AvgIpc) is 2.78. The lowest BCUT2D eigenvalue weighted by atomic mass is 9.79. The van der Waals surface area contributed by atoms with Crippen molar-refractivity contribution in [1.82, 2.24) is 9.62 Å². The molecule has 1 aromatic rings. The van der Waals surface area contributed by atoms with Gasteiger partial charge in [0.1, 0.15) is 5.82 Å². The fraction of sp³-hybridized carbons (Fsp3) is 0.696. The van der Waals surface area contributed by atoms with Crippen molar-refractivity contribution in [2.24, 2.45) is 11.8 Å². The summed E-state index contributed by atoms with van der Waals surface area (Å²) in [6.45, 7) is 3.90. The Morgan fingerprint density at radius 1 is 1.10 bits per heavy atom. The molecular formula is C23H36FN3O3S. The van der Waals surface area contributed by atoms with E-state index in [1.54, 1.807) is 18.2 Å². The second kappa shape index (κ2) is 11.3. The standard InChI is InChI=1S/C23H36FN3O3S/c1-2-3-6-19-9-11-20(12-10-19)23(28)25-13-18-31(29,30)27-16-14-26(15-17-27)22-8-5-4-7-21(22)24/h4-5,7-8,19-20H,2-3,6,9-18H2,1H3,(H,25,28). The van der Waals surface area contributed by atoms with Gasteiger partial charge in [-0.1, -0.05) is 38.3 Å². The van der Waals surface area contributed by atoms with Crippen molar-refractivity contribution < 1.29 is 17.6 Å². The number of hydrogen-bond acceptors (Lipinski definition) is 4. The summed E-state index contributed by atoms with van der Waals surface area (Å²) in [6, 6.07) is 6.55. The number of sulfonamides is 1. The minimum atomic E-state index is -3.45. The Hall–Kier alpha value is -1.67. The molecule has 174 valence electrons. The number of rotatable bonds is 9. The third-order valence-electron chi connectivity index (χ3n) is 6.67. The molecule has 2 aliphatic rings. The molecule has 0 unspecified atom stereocenters. The van der Waals surface area contributed by atoms with Crippen LogP contribution in [0.5, 0.6) is 0 Å². The molecule has 3 rings (SSSR count). The summed E-state index contributed by atoms with van der Waals surface area (Å²) in [5.41, 5.74) is 0.510. The molecule has 1 amide bonds. The monoisotopic (exact) mass is 453 g/mol. The summed E-state index contributed by atoms with van der Waals surface area (Å²) in [5, 5.41) is 2.84. The van der Waals surface area contributed by atoms with E-state index in [4.69, 9.17) is 0 Å². The molecule has 31 heavy (non-hydrogen) atoms. The molecular weight excluding hydrogens is 417 g/mol. The lowest BCUT2D eigenvalue weighted by Gasteiger charge is -2.35. The van der Waals surface area contributed by atoms with Crippen molar-refractivity contribution in [3.63, 3.8) is 0 Å². The Morgan fingerprint density at radius 3 is 2.42 bits per heavy atom. The lowest BCUT2D eigenvalue weighted by molar-refractivity contribution is -0.126. The molecule has 1 N–H and O–H groups in total. The van der Waals surface area contributed by atoms with E-state index >= 15 is 0 Å². The Bertz CT molecular complexity index is 817. The van der Waals surface area contributed by atoms with Crippen molar-refractivity contribution in [1.29, 1.82) is 0 Å². The van der Waals surface area contributed by atoms with E-state index in [-0.39, 0.29) is 29.9 Å². The minimum Gasteiger partial charge on any atom is -0.367 e. The first-order valence-corrected chi connectivity index (χ1v) is 13.3. The van der Waals surface area contributed by atoms with E-state index in [1.165, 1.54) is 29.6 Å². The van der Waals surface area contributed by atoms with Crippen LogP contribution in [0.1, 0.15) is 51.9 Å². The van der Waals surface area contributed by atoms with Crippen LogP contribution in [0.2, 0.25) is 0 Å². The molecule has 2 fully saturated rings. The minimum absolute atomic E-state index is 0.00601. The number of nitrogens with one attached hydrogen (secondary N) is 1. The summed E-state index contributed by atoms with van der Waals surface area (Å²) in [4.78, 5) is 14.3. The first-order chi connectivity index (χ1) is 14.9. The zero-order valence-electron chi connectivity index (χ0n) is 18.6. The molecule has 0 radical (unpaired) electrons. The van der Waals surface area contributed by atoms with Crippen LogP contribution < -0.4 is 10.2 Å². The van der Waals surface area contributed by atoms with Gasteiger partial charge in [0.25, 0.3) is 0 Å². The van der Waals surface area contributed by atoms with Crippen LogP contribution in [0, 0.1) is 17.7 Å². The van der Waals surface area contributed by atoms with E-state index in [0.717, 1.165) is 31.6 Å². The van der Waals surface area contributed by atoms with Crippen LogP contribution in [0.15, 0.2) is 24.3 Å². The molecule has 0 spiro atoms. The van der Waals surface area contributed by atoms with E-state index < -0.39 is 10.0 Å². The van der Waals surface area contributed by atoms with E-state index in [0.29, 0.717) is 31.9 Å². The summed E-state index contributed by atoms with van der Waals surface area (Å²) < 4.78 is 40.8. The van der Waals surface area contributed by atoms with Gasteiger partial charge in [0, 0.05) is 38.6 Å². The van der Waals surface area contributed by atoms with Gasteiger partial charge in [0.15, 0.2) is 0 Å². The number of anilines is 1. The number of nitrogens with zero attached hydrogens (tertiary/aromatic N) is 2. The summed E-state index contributed by atoms with van der Waals surface area (Å²) in [6.07, 6.45) is 7.75. The predicted molar refractivity (Wildman–Crippen MR) is 122 cm³/mol. The fourth-order valence-corrected chi connectivity index (χ4v) is 6.04. The highest BCUT2D eigenvalue weighted by molar-refractivity contribution is 7.89. The van der Waals surface area contributed by atoms with Crippen molar-refractivity contribution in [2.75, 3.05) is 43.4 Å². The number of para-hydroxylation sites is 1. The third-order valence-corrected chi connectivity index (χ3v) is 8.54. The van der Waals surface area contributed by atoms with Crippen molar-refractivity contribution in [2.45, 2.75) is 51.9 Å². The zero-order valence-corrected chi connectivity index (χ0v) is 19.4. The number of piperazine rings is 1. The third kappa shape index (κ3) is 6.65. The normalized spacial score (nSPS) is 23.0. The fourth-order valence-electron chi connectivity index (χ4n) is 4.70. The SMILES string of the molecule is CCCCC1CCC(C(=O)NCCS(=O)(=O)N2CCN(c3ccccc3F)CC2)CC1. The number of hydrogen-bond donors (Lipinski definition) is 1. The van der Waals surface area contributed by atoms with Gasteiger partial charge in [-0.05, 0) is 43.7 Å². The molecule has 6 nitrogen and oxygen atoms in total. The molecule has 1 aliphatic heterocycles. The van der Waals surface area contributed by atoms with Gasteiger partial charge < -0.3 is 10.2 Å². The van der Waals surface area contributed by atoms with Gasteiger partial charge in [0.2, 0.25) is 15.9 Å². The van der Waals surface area contributed by atoms with Gasteiger partial charge in [-0.15, -0.1) is 0 Å². The second-order valence-electron chi connectivity index (χ2n) is 8.80. The van der Waals surface area contributed by atoms with Crippen molar-refractivity contribution in [3.8, 4) is 0 Å². The second-order valence-corrected chi connectivity index (χ2v) is 10.9. The van der Waals surface area contributed by atoms with Crippen LogP contribution in [0.25, 0.3) is 0 Å². The quantitative estimate of drug-likeness (QED) is 0.622. The Labute approximate surface area is 186 Å². The molecule has 0 atom stereocenters. The van der Waals surface area contributed by atoms with Gasteiger partial charge >= 0.3 is 0 Å². The maximum absolute atomic E-state index is 14.0. The van der Waals surface area contributed by atoms with Crippen LogP contribution in [-0.2, 0) is 14.8 Å². The summed E-state index contributed by atoms with van der Waals surface area (Å²) in [5.74, 6) is 0.372. The molecule has 1 heterocycles. The van der Waals surface area contributed by atoms with Crippen molar-refractivity contribution in [3.05, 3.63) is 30.1 Å². The van der Waals surface area contributed by atoms with E-state index in [9.17, 15) is 17.6 Å². The Morgan fingerprint density at radius 2 is 1.77 bits per heavy atom. The highest BCUT2D eigenvalue weighted by Crippen LogP contribution is 2.32. The number of benzene rings is 1. The van der Waals surface area contributed by atoms with Crippen molar-refractivity contribution >= 4 is 21.6 Å². The van der Waals surface area contributed by atoms with Gasteiger partial charge in [0.05, 0.1) is 11.4 Å². The number of halogens is 1. The van der Waals surface area contributed by atoms with Crippen LogP contribution in [0.4, 0.5) is 10.1 Å². The summed E-state index contributed by atoms with van der Waals surface area (Å²) in [7, 11) is -3.45. The van der Waals surface area contributed by atoms with Crippen LogP contribution in [0.3, 0.4) is 0 Å². The zero-order chi connectivity index (χ0) is 22.3. The maximum Gasteiger partial charge on any atom is 0.223 e. The number of amides is 1. The molecule has 1 saturated carbocycles. The van der Waals surface area contributed by atoms with Gasteiger partial charge in [-0.3, -0.25) is 4.79 Å². The Kier molecular flexibility index (Phi) is 8.72. The Balaban J connectivity index is 1.39. The number of carbonyl (C=O) groups is 1. The molecule has 1 aliphatic carbocycles. The molecule has 8 heteroatoms. The molecule has 0 bridgehead atoms. The molecule has 1 aromatic carbocycles. The number of unbranched alkanes of at least 4 members (excludes halogenated alkanes) is 1. The largest absolute Gasteiger partial charge is 0.367 e. The highest BCUT2D eigenvalue weighted by atomic mass is 32.2. The average molecular weight is 454 g/mol. The molecule has 0 aromatic heterocycles. The first-order valence-electron chi connectivity index (χ1n) is 11.7. The topological polar surface area (TPSA) is 69.7 Å². The predicted octanol–water partition coefficient (Wildman–Crippen LogP) is 3.39. The van der Waals surface area contributed by atoms with Gasteiger partial charge in [-0.25, -0.2) is 12.8 Å². The number of carbonyl (C=O) groups excluding carboxylic acids is 1. The maximum atomic E-state index is 14.0. The smallest absolute Gasteiger partial charge is 0.223 e. The molecule has 1 saturated heterocycles. The van der Waals surface area contributed by atoms with Crippen LogP contribution in [-0.4, -0.2) is 57.1 Å². The van der Waals surface area contributed by atoms with Gasteiger partial charge in [-0.2, -0.15) is 4.31 Å². The van der Waals surface area contributed by atoms with Crippen LogP contribution >= 0.6 is 0 Å². The van der Waals surface area contributed by atoms with E-state index in [1.807, 2.05) is 4.90 Å². The lowest BCUT2D eigenvalue weighted by Crippen LogP contribution is -2.50. The first kappa shape index (κ1) is 24.0. The highest BCUT2D eigenvalue weighted by Gasteiger charge is 2.29. The summed E-state index contributed by atoms with van der Waals surface area (Å²) >= 11 is 0.